The molecule has 1 heterocycles. The minimum absolute atomic E-state index is 0.0214. The van der Waals surface area contributed by atoms with Gasteiger partial charge in [0, 0.05) is 12.6 Å². The lowest BCUT2D eigenvalue weighted by Crippen LogP contribution is -2.29. The number of amides is 1. The van der Waals surface area contributed by atoms with Crippen LogP contribution in [0.1, 0.15) is 54.2 Å². The number of carbonyl (C=O) groups excluding carboxylic acids is 1. The SMILES string of the molecule is CC(C)c1ccc(C(=O)N(C)[C@@H](C)c2ccc(-n3cncn3)cc2)cc1. The number of carbonyl (C=O) groups is 1. The van der Waals surface area contributed by atoms with Crippen LogP contribution in [0.15, 0.2) is 61.2 Å². The summed E-state index contributed by atoms with van der Waals surface area (Å²) < 4.78 is 1.71. The molecule has 5 nitrogen and oxygen atoms in total. The van der Waals surface area contributed by atoms with Crippen molar-refractivity contribution in [3.05, 3.63) is 77.9 Å². The van der Waals surface area contributed by atoms with E-state index >= 15 is 0 Å². The van der Waals surface area contributed by atoms with Crippen LogP contribution in [0.2, 0.25) is 0 Å². The van der Waals surface area contributed by atoms with Gasteiger partial charge in [-0.15, -0.1) is 0 Å². The third-order valence-corrected chi connectivity index (χ3v) is 4.78. The molecule has 0 saturated carbocycles. The smallest absolute Gasteiger partial charge is 0.254 e. The standard InChI is InChI=1S/C21H24N4O/c1-15(2)17-5-7-19(8-6-17)21(26)24(4)16(3)18-9-11-20(12-10-18)25-14-22-13-23-25/h5-16H,1-4H3/t16-/m0/s1. The molecule has 0 N–H and O–H groups in total. The second-order valence-corrected chi connectivity index (χ2v) is 6.80. The second kappa shape index (κ2) is 7.52. The highest BCUT2D eigenvalue weighted by Gasteiger charge is 2.19. The minimum atomic E-state index is -0.0305. The van der Waals surface area contributed by atoms with Gasteiger partial charge in [0.2, 0.25) is 0 Å². The van der Waals surface area contributed by atoms with Crippen molar-refractivity contribution < 1.29 is 4.79 Å². The van der Waals surface area contributed by atoms with Crippen molar-refractivity contribution in [2.24, 2.45) is 0 Å². The van der Waals surface area contributed by atoms with Crippen LogP contribution in [-0.4, -0.2) is 32.6 Å². The minimum Gasteiger partial charge on any atom is -0.335 e. The number of rotatable bonds is 5. The quantitative estimate of drug-likeness (QED) is 0.693. The van der Waals surface area contributed by atoms with Crippen molar-refractivity contribution in [2.45, 2.75) is 32.7 Å². The highest BCUT2D eigenvalue weighted by molar-refractivity contribution is 5.94. The Balaban J connectivity index is 1.74. The van der Waals surface area contributed by atoms with Gasteiger partial charge in [-0.05, 0) is 48.2 Å². The molecule has 5 heteroatoms. The Morgan fingerprint density at radius 1 is 0.962 bits per heavy atom. The maximum atomic E-state index is 12.8. The van der Waals surface area contributed by atoms with Gasteiger partial charge in [-0.2, -0.15) is 5.10 Å². The number of benzene rings is 2. The van der Waals surface area contributed by atoms with E-state index < -0.39 is 0 Å². The molecule has 1 atom stereocenters. The lowest BCUT2D eigenvalue weighted by molar-refractivity contribution is 0.0742. The monoisotopic (exact) mass is 348 g/mol. The fourth-order valence-electron chi connectivity index (χ4n) is 2.86. The molecule has 0 unspecified atom stereocenters. The third-order valence-electron chi connectivity index (χ3n) is 4.78. The Labute approximate surface area is 154 Å². The van der Waals surface area contributed by atoms with Crippen LogP contribution < -0.4 is 0 Å². The molecule has 0 fully saturated rings. The van der Waals surface area contributed by atoms with Gasteiger partial charge in [-0.3, -0.25) is 4.79 Å². The van der Waals surface area contributed by atoms with Crippen molar-refractivity contribution in [3.8, 4) is 5.69 Å². The second-order valence-electron chi connectivity index (χ2n) is 6.80. The summed E-state index contributed by atoms with van der Waals surface area (Å²) in [5, 5.41) is 4.12. The van der Waals surface area contributed by atoms with Gasteiger partial charge in [0.15, 0.2) is 0 Å². The van der Waals surface area contributed by atoms with Crippen LogP contribution in [0.3, 0.4) is 0 Å². The van der Waals surface area contributed by atoms with Gasteiger partial charge in [0.1, 0.15) is 12.7 Å². The molecule has 1 amide bonds. The summed E-state index contributed by atoms with van der Waals surface area (Å²) in [6.07, 6.45) is 3.17. The zero-order valence-electron chi connectivity index (χ0n) is 15.6. The molecular weight excluding hydrogens is 324 g/mol. The molecule has 0 radical (unpaired) electrons. The zero-order valence-corrected chi connectivity index (χ0v) is 15.6. The van der Waals surface area contributed by atoms with Gasteiger partial charge in [-0.25, -0.2) is 9.67 Å². The van der Waals surface area contributed by atoms with Gasteiger partial charge in [-0.1, -0.05) is 38.1 Å². The molecule has 0 aliphatic carbocycles. The fraction of sp³-hybridized carbons (Fsp3) is 0.286. The van der Waals surface area contributed by atoms with Crippen LogP contribution in [-0.2, 0) is 0 Å². The summed E-state index contributed by atoms with van der Waals surface area (Å²) in [5.74, 6) is 0.479. The highest BCUT2D eigenvalue weighted by Crippen LogP contribution is 2.23. The third kappa shape index (κ3) is 3.67. The lowest BCUT2D eigenvalue weighted by Gasteiger charge is -2.26. The van der Waals surface area contributed by atoms with Crippen molar-refractivity contribution in [1.29, 1.82) is 0 Å². The van der Waals surface area contributed by atoms with Gasteiger partial charge < -0.3 is 4.90 Å². The van der Waals surface area contributed by atoms with Crippen LogP contribution in [0.5, 0.6) is 0 Å². The van der Waals surface area contributed by atoms with E-state index in [0.29, 0.717) is 11.5 Å². The Morgan fingerprint density at radius 3 is 2.12 bits per heavy atom. The van der Waals surface area contributed by atoms with Crippen LogP contribution in [0.4, 0.5) is 0 Å². The van der Waals surface area contributed by atoms with E-state index in [1.165, 1.54) is 11.9 Å². The molecule has 1 aromatic heterocycles. The molecule has 0 saturated heterocycles. The van der Waals surface area contributed by atoms with E-state index in [4.69, 9.17) is 0 Å². The summed E-state index contributed by atoms with van der Waals surface area (Å²) in [7, 11) is 1.84. The Hall–Kier alpha value is -2.95. The Kier molecular flexibility index (Phi) is 5.16. The number of hydrogen-bond acceptors (Lipinski definition) is 3. The summed E-state index contributed by atoms with van der Waals surface area (Å²) in [6, 6.07) is 15.9. The van der Waals surface area contributed by atoms with Crippen molar-refractivity contribution in [1.82, 2.24) is 19.7 Å². The summed E-state index contributed by atoms with van der Waals surface area (Å²) in [6.45, 7) is 6.33. The van der Waals surface area contributed by atoms with Crippen molar-refractivity contribution in [2.75, 3.05) is 7.05 Å². The average Bonchev–Trinajstić information content (AvgIpc) is 3.21. The lowest BCUT2D eigenvalue weighted by atomic mass is 10.0. The molecule has 0 aliphatic rings. The van der Waals surface area contributed by atoms with E-state index in [1.54, 1.807) is 15.9 Å². The largest absolute Gasteiger partial charge is 0.335 e. The highest BCUT2D eigenvalue weighted by atomic mass is 16.2. The number of aromatic nitrogens is 3. The van der Waals surface area contributed by atoms with Gasteiger partial charge >= 0.3 is 0 Å². The van der Waals surface area contributed by atoms with Crippen LogP contribution in [0, 0.1) is 0 Å². The maximum Gasteiger partial charge on any atom is 0.254 e. The predicted molar refractivity (Wildman–Crippen MR) is 102 cm³/mol. The average molecular weight is 348 g/mol. The molecule has 0 spiro atoms. The summed E-state index contributed by atoms with van der Waals surface area (Å²) in [5.41, 5.74) is 3.96. The van der Waals surface area contributed by atoms with E-state index in [-0.39, 0.29) is 11.9 Å². The Morgan fingerprint density at radius 2 is 1.58 bits per heavy atom. The first kappa shape index (κ1) is 17.9. The maximum absolute atomic E-state index is 12.8. The van der Waals surface area contributed by atoms with Gasteiger partial charge in [0.25, 0.3) is 5.91 Å². The van der Waals surface area contributed by atoms with Crippen LogP contribution >= 0.6 is 0 Å². The first-order valence-corrected chi connectivity index (χ1v) is 8.79. The number of nitrogens with zero attached hydrogens (tertiary/aromatic N) is 4. The molecule has 0 aliphatic heterocycles. The summed E-state index contributed by atoms with van der Waals surface area (Å²) in [4.78, 5) is 18.5. The zero-order chi connectivity index (χ0) is 18.7. The molecule has 26 heavy (non-hydrogen) atoms. The fourth-order valence-corrected chi connectivity index (χ4v) is 2.86. The van der Waals surface area contributed by atoms with E-state index in [2.05, 4.69) is 23.9 Å². The molecule has 3 rings (SSSR count). The molecule has 2 aromatic carbocycles. The normalized spacial score (nSPS) is 12.2. The molecule has 0 bridgehead atoms. The number of hydrogen-bond donors (Lipinski definition) is 0. The van der Waals surface area contributed by atoms with Gasteiger partial charge in [0.05, 0.1) is 11.7 Å². The van der Waals surface area contributed by atoms with E-state index in [0.717, 1.165) is 11.3 Å². The van der Waals surface area contributed by atoms with Crippen LogP contribution in [0.25, 0.3) is 5.69 Å². The van der Waals surface area contributed by atoms with E-state index in [1.807, 2.05) is 62.5 Å². The van der Waals surface area contributed by atoms with Crippen molar-refractivity contribution in [3.63, 3.8) is 0 Å². The first-order chi connectivity index (χ1) is 12.5. The Bertz CT molecular complexity index is 852. The topological polar surface area (TPSA) is 51.0 Å². The van der Waals surface area contributed by atoms with E-state index in [9.17, 15) is 4.79 Å². The molecule has 3 aromatic rings. The molecule has 134 valence electrons. The van der Waals surface area contributed by atoms with Crippen molar-refractivity contribution >= 4 is 5.91 Å². The first-order valence-electron chi connectivity index (χ1n) is 8.79. The molecular formula is C21H24N4O. The predicted octanol–water partition coefficient (Wildman–Crippen LogP) is 4.22. The summed E-state index contributed by atoms with van der Waals surface area (Å²) >= 11 is 0.